The molecule has 1 heterocycles. The van der Waals surface area contributed by atoms with Crippen molar-refractivity contribution in [2.24, 2.45) is 0 Å². The molecule has 5 heteroatoms. The minimum Gasteiger partial charge on any atom is -0.495 e. The fourth-order valence-electron chi connectivity index (χ4n) is 1.88. The van der Waals surface area contributed by atoms with Gasteiger partial charge in [0.05, 0.1) is 12.8 Å². The molecule has 0 bridgehead atoms. The summed E-state index contributed by atoms with van der Waals surface area (Å²) in [5.41, 5.74) is 0.963. The molecule has 0 spiro atoms. The van der Waals surface area contributed by atoms with Gasteiger partial charge in [0, 0.05) is 20.2 Å². The van der Waals surface area contributed by atoms with Crippen molar-refractivity contribution in [1.29, 1.82) is 0 Å². The number of nitrogens with zero attached hydrogens (tertiary/aromatic N) is 3. The first kappa shape index (κ1) is 13.1. The van der Waals surface area contributed by atoms with E-state index < -0.39 is 0 Å². The molecular formula is C14H18N4O. The summed E-state index contributed by atoms with van der Waals surface area (Å²) in [6.07, 6.45) is 0. The highest BCUT2D eigenvalue weighted by Crippen LogP contribution is 2.31. The van der Waals surface area contributed by atoms with Gasteiger partial charge in [-0.2, -0.15) is 0 Å². The second kappa shape index (κ2) is 5.56. The molecule has 0 atom stereocenters. The number of para-hydroxylation sites is 2. The third-order valence-corrected chi connectivity index (χ3v) is 2.87. The second-order valence-electron chi connectivity index (χ2n) is 4.14. The molecule has 0 saturated carbocycles. The highest BCUT2D eigenvalue weighted by atomic mass is 16.5. The van der Waals surface area contributed by atoms with Crippen LogP contribution < -0.4 is 15.0 Å². The second-order valence-corrected chi connectivity index (χ2v) is 4.14. The number of benzene rings is 1. The lowest BCUT2D eigenvalue weighted by Gasteiger charge is -2.21. The Labute approximate surface area is 113 Å². The number of methoxy groups -OCH3 is 1. The summed E-state index contributed by atoms with van der Waals surface area (Å²) < 4.78 is 5.37. The average molecular weight is 258 g/mol. The van der Waals surface area contributed by atoms with E-state index in [4.69, 9.17) is 4.74 Å². The van der Waals surface area contributed by atoms with Gasteiger partial charge >= 0.3 is 0 Å². The Kier molecular flexibility index (Phi) is 3.85. The first-order chi connectivity index (χ1) is 9.15. The normalized spacial score (nSPS) is 10.1. The number of nitrogens with one attached hydrogen (secondary N) is 1. The van der Waals surface area contributed by atoms with Crippen LogP contribution in [-0.2, 0) is 0 Å². The molecule has 1 N–H and O–H groups in total. The van der Waals surface area contributed by atoms with E-state index in [0.29, 0.717) is 0 Å². The molecule has 0 fully saturated rings. The Morgan fingerprint density at radius 2 is 1.95 bits per heavy atom. The monoisotopic (exact) mass is 258 g/mol. The highest BCUT2D eigenvalue weighted by Gasteiger charge is 2.12. The molecular weight excluding hydrogens is 240 g/mol. The molecule has 0 unspecified atom stereocenters. The van der Waals surface area contributed by atoms with Crippen LogP contribution in [0.5, 0.6) is 5.75 Å². The van der Waals surface area contributed by atoms with Crippen LogP contribution in [0.4, 0.5) is 17.3 Å². The average Bonchev–Trinajstić information content (AvgIpc) is 2.45. The number of ether oxygens (including phenoxy) is 1. The SMILES string of the molecule is CNc1cc(N(C)c2ccccc2OC)nc(C)n1. The van der Waals surface area contributed by atoms with Crippen molar-refractivity contribution in [2.75, 3.05) is 31.4 Å². The molecule has 0 radical (unpaired) electrons. The van der Waals surface area contributed by atoms with E-state index in [2.05, 4.69) is 15.3 Å². The van der Waals surface area contributed by atoms with Gasteiger partial charge in [0.15, 0.2) is 0 Å². The molecule has 0 amide bonds. The largest absolute Gasteiger partial charge is 0.495 e. The summed E-state index contributed by atoms with van der Waals surface area (Å²) in [4.78, 5) is 10.7. The van der Waals surface area contributed by atoms with Crippen molar-refractivity contribution < 1.29 is 4.74 Å². The molecule has 5 nitrogen and oxygen atoms in total. The van der Waals surface area contributed by atoms with Crippen LogP contribution in [0.25, 0.3) is 0 Å². The van der Waals surface area contributed by atoms with Crippen LogP contribution in [0, 0.1) is 6.92 Å². The molecule has 2 aromatic rings. The van der Waals surface area contributed by atoms with E-state index in [1.165, 1.54) is 0 Å². The zero-order valence-electron chi connectivity index (χ0n) is 11.6. The minimum absolute atomic E-state index is 0.726. The zero-order valence-corrected chi connectivity index (χ0v) is 11.6. The fraction of sp³-hybridized carbons (Fsp3) is 0.286. The molecule has 19 heavy (non-hydrogen) atoms. The third-order valence-electron chi connectivity index (χ3n) is 2.87. The van der Waals surface area contributed by atoms with Gasteiger partial charge in [-0.3, -0.25) is 0 Å². The Hall–Kier alpha value is -2.30. The highest BCUT2D eigenvalue weighted by molar-refractivity contribution is 5.67. The van der Waals surface area contributed by atoms with Gasteiger partial charge in [-0.15, -0.1) is 0 Å². The van der Waals surface area contributed by atoms with Crippen molar-refractivity contribution in [2.45, 2.75) is 6.92 Å². The topological polar surface area (TPSA) is 50.3 Å². The van der Waals surface area contributed by atoms with Crippen LogP contribution in [0.15, 0.2) is 30.3 Å². The van der Waals surface area contributed by atoms with Gasteiger partial charge in [0.1, 0.15) is 23.2 Å². The predicted octanol–water partition coefficient (Wildman–Crippen LogP) is 2.60. The Bertz CT molecular complexity index is 571. The number of rotatable bonds is 4. The molecule has 2 rings (SSSR count). The van der Waals surface area contributed by atoms with Gasteiger partial charge in [0.2, 0.25) is 0 Å². The molecule has 1 aromatic carbocycles. The van der Waals surface area contributed by atoms with Gasteiger partial charge in [-0.05, 0) is 19.1 Å². The number of hydrogen-bond acceptors (Lipinski definition) is 5. The standard InChI is InChI=1S/C14H18N4O/c1-10-16-13(15-2)9-14(17-10)18(3)11-7-5-6-8-12(11)19-4/h5-9H,1-4H3,(H,15,16,17). The minimum atomic E-state index is 0.726. The predicted molar refractivity (Wildman–Crippen MR) is 77.4 cm³/mol. The maximum atomic E-state index is 5.37. The maximum Gasteiger partial charge on any atom is 0.142 e. The van der Waals surface area contributed by atoms with Gasteiger partial charge in [0.25, 0.3) is 0 Å². The van der Waals surface area contributed by atoms with Gasteiger partial charge in [-0.25, -0.2) is 9.97 Å². The number of anilines is 3. The summed E-state index contributed by atoms with van der Waals surface area (Å²) in [6.45, 7) is 1.88. The van der Waals surface area contributed by atoms with Crippen LogP contribution in [0.2, 0.25) is 0 Å². The van der Waals surface area contributed by atoms with Gasteiger partial charge < -0.3 is 15.0 Å². The van der Waals surface area contributed by atoms with Crippen LogP contribution in [-0.4, -0.2) is 31.2 Å². The van der Waals surface area contributed by atoms with E-state index in [9.17, 15) is 0 Å². The van der Waals surface area contributed by atoms with Crippen molar-refractivity contribution in [3.05, 3.63) is 36.2 Å². The molecule has 1 aromatic heterocycles. The van der Waals surface area contributed by atoms with Crippen LogP contribution in [0.3, 0.4) is 0 Å². The summed E-state index contributed by atoms with van der Waals surface area (Å²) in [6, 6.07) is 9.75. The smallest absolute Gasteiger partial charge is 0.142 e. The first-order valence-corrected chi connectivity index (χ1v) is 6.06. The van der Waals surface area contributed by atoms with E-state index in [1.54, 1.807) is 7.11 Å². The quantitative estimate of drug-likeness (QED) is 0.913. The number of aromatic nitrogens is 2. The van der Waals surface area contributed by atoms with Crippen molar-refractivity contribution in [1.82, 2.24) is 9.97 Å². The van der Waals surface area contributed by atoms with E-state index in [-0.39, 0.29) is 0 Å². The summed E-state index contributed by atoms with van der Waals surface area (Å²) in [5, 5.41) is 3.03. The van der Waals surface area contributed by atoms with E-state index in [1.807, 2.05) is 56.3 Å². The van der Waals surface area contributed by atoms with Crippen molar-refractivity contribution >= 4 is 17.3 Å². The Morgan fingerprint density at radius 3 is 2.63 bits per heavy atom. The van der Waals surface area contributed by atoms with Crippen LogP contribution in [0.1, 0.15) is 5.82 Å². The lowest BCUT2D eigenvalue weighted by Crippen LogP contribution is -2.14. The zero-order chi connectivity index (χ0) is 13.8. The van der Waals surface area contributed by atoms with Crippen molar-refractivity contribution in [3.8, 4) is 5.75 Å². The molecule has 0 aliphatic heterocycles. The van der Waals surface area contributed by atoms with Crippen molar-refractivity contribution in [3.63, 3.8) is 0 Å². The third kappa shape index (κ3) is 2.76. The maximum absolute atomic E-state index is 5.37. The molecule has 0 aliphatic carbocycles. The summed E-state index contributed by atoms with van der Waals surface area (Å²) >= 11 is 0. The van der Waals surface area contributed by atoms with E-state index in [0.717, 1.165) is 28.9 Å². The number of aryl methyl sites for hydroxylation is 1. The van der Waals surface area contributed by atoms with Gasteiger partial charge in [-0.1, -0.05) is 12.1 Å². The lowest BCUT2D eigenvalue weighted by molar-refractivity contribution is 0.415. The molecule has 100 valence electrons. The summed E-state index contributed by atoms with van der Waals surface area (Å²) in [5.74, 6) is 3.15. The molecule has 0 saturated heterocycles. The molecule has 0 aliphatic rings. The van der Waals surface area contributed by atoms with Crippen LogP contribution >= 0.6 is 0 Å². The number of hydrogen-bond donors (Lipinski definition) is 1. The fourth-order valence-corrected chi connectivity index (χ4v) is 1.88. The Balaban J connectivity index is 2.43. The summed E-state index contributed by atoms with van der Waals surface area (Å²) in [7, 11) is 5.46. The first-order valence-electron chi connectivity index (χ1n) is 6.06. The Morgan fingerprint density at radius 1 is 1.21 bits per heavy atom. The lowest BCUT2D eigenvalue weighted by atomic mass is 10.2. The van der Waals surface area contributed by atoms with E-state index >= 15 is 0 Å².